The van der Waals surface area contributed by atoms with Gasteiger partial charge in [0.2, 0.25) is 0 Å². The van der Waals surface area contributed by atoms with Crippen LogP contribution in [-0.2, 0) is 11.3 Å². The zero-order valence-electron chi connectivity index (χ0n) is 15.2. The highest BCUT2D eigenvalue weighted by Crippen LogP contribution is 2.22. The van der Waals surface area contributed by atoms with Gasteiger partial charge in [-0.1, -0.05) is 37.3 Å². The standard InChI is InChI=1S/C21H27NO3/c1-4-13-24-15-19-14-18(11-12-20(19)25-5-2)21(23)22-16(3)17-9-7-6-8-10-17/h6-12,14,16H,4-5,13,15H2,1-3H3,(H,22,23)/t16-/m1/s1. The normalized spacial score (nSPS) is 11.8. The molecule has 0 bridgehead atoms. The van der Waals surface area contributed by atoms with E-state index in [0.717, 1.165) is 23.3 Å². The summed E-state index contributed by atoms with van der Waals surface area (Å²) in [5.74, 6) is 0.669. The Morgan fingerprint density at radius 1 is 1.12 bits per heavy atom. The Morgan fingerprint density at radius 2 is 1.88 bits per heavy atom. The van der Waals surface area contributed by atoms with Crippen molar-refractivity contribution in [1.29, 1.82) is 0 Å². The van der Waals surface area contributed by atoms with E-state index < -0.39 is 0 Å². The predicted molar refractivity (Wildman–Crippen MR) is 99.9 cm³/mol. The molecule has 25 heavy (non-hydrogen) atoms. The van der Waals surface area contributed by atoms with Gasteiger partial charge in [-0.3, -0.25) is 4.79 Å². The Morgan fingerprint density at radius 3 is 2.56 bits per heavy atom. The van der Waals surface area contributed by atoms with Gasteiger partial charge in [0.1, 0.15) is 5.75 Å². The molecule has 0 fully saturated rings. The lowest BCUT2D eigenvalue weighted by atomic mass is 10.1. The third kappa shape index (κ3) is 5.61. The molecule has 1 amide bonds. The van der Waals surface area contributed by atoms with Crippen LogP contribution >= 0.6 is 0 Å². The predicted octanol–water partition coefficient (Wildman–Crippen LogP) is 4.50. The first-order valence-corrected chi connectivity index (χ1v) is 8.85. The third-order valence-electron chi connectivity index (χ3n) is 3.88. The molecule has 134 valence electrons. The molecule has 0 heterocycles. The van der Waals surface area contributed by atoms with Gasteiger partial charge in [0, 0.05) is 17.7 Å². The number of rotatable bonds is 9. The topological polar surface area (TPSA) is 47.6 Å². The lowest BCUT2D eigenvalue weighted by Gasteiger charge is -2.16. The van der Waals surface area contributed by atoms with E-state index in [1.807, 2.05) is 56.3 Å². The van der Waals surface area contributed by atoms with Crippen molar-refractivity contribution >= 4 is 5.91 Å². The number of nitrogens with one attached hydrogen (secondary N) is 1. The van der Waals surface area contributed by atoms with Gasteiger partial charge in [0.15, 0.2) is 0 Å². The van der Waals surface area contributed by atoms with Crippen LogP contribution in [0.1, 0.15) is 54.7 Å². The largest absolute Gasteiger partial charge is 0.494 e. The number of benzene rings is 2. The van der Waals surface area contributed by atoms with Crippen LogP contribution in [0.5, 0.6) is 5.75 Å². The summed E-state index contributed by atoms with van der Waals surface area (Å²) in [6.07, 6.45) is 0.957. The second-order valence-electron chi connectivity index (χ2n) is 5.91. The maximum Gasteiger partial charge on any atom is 0.251 e. The van der Waals surface area contributed by atoms with E-state index in [1.54, 1.807) is 6.07 Å². The lowest BCUT2D eigenvalue weighted by Crippen LogP contribution is -2.26. The summed E-state index contributed by atoms with van der Waals surface area (Å²) >= 11 is 0. The zero-order chi connectivity index (χ0) is 18.1. The van der Waals surface area contributed by atoms with E-state index in [2.05, 4.69) is 12.2 Å². The SMILES string of the molecule is CCCOCc1cc(C(=O)N[C@H](C)c2ccccc2)ccc1OCC. The van der Waals surface area contributed by atoms with E-state index in [4.69, 9.17) is 9.47 Å². The summed E-state index contributed by atoms with van der Waals surface area (Å²) in [6, 6.07) is 15.4. The quantitative estimate of drug-likeness (QED) is 0.683. The molecule has 0 saturated heterocycles. The van der Waals surface area contributed by atoms with Crippen LogP contribution in [0, 0.1) is 0 Å². The minimum Gasteiger partial charge on any atom is -0.494 e. The monoisotopic (exact) mass is 341 g/mol. The van der Waals surface area contributed by atoms with Gasteiger partial charge in [-0.05, 0) is 44.0 Å². The molecule has 4 heteroatoms. The summed E-state index contributed by atoms with van der Waals surface area (Å²) < 4.78 is 11.3. The second-order valence-corrected chi connectivity index (χ2v) is 5.91. The minimum absolute atomic E-state index is 0.0555. The van der Waals surface area contributed by atoms with Crippen LogP contribution in [0.15, 0.2) is 48.5 Å². The van der Waals surface area contributed by atoms with E-state index in [1.165, 1.54) is 0 Å². The van der Waals surface area contributed by atoms with E-state index in [0.29, 0.717) is 25.4 Å². The molecule has 2 aromatic rings. The highest BCUT2D eigenvalue weighted by atomic mass is 16.5. The fourth-order valence-corrected chi connectivity index (χ4v) is 2.56. The van der Waals surface area contributed by atoms with Crippen LogP contribution in [0.2, 0.25) is 0 Å². The molecule has 0 aliphatic carbocycles. The molecule has 4 nitrogen and oxygen atoms in total. The second kappa shape index (κ2) is 9.84. The Hall–Kier alpha value is -2.33. The van der Waals surface area contributed by atoms with Crippen LogP contribution < -0.4 is 10.1 Å². The summed E-state index contributed by atoms with van der Waals surface area (Å²) in [5.41, 5.74) is 2.59. The van der Waals surface area contributed by atoms with E-state index >= 15 is 0 Å². The maximum absolute atomic E-state index is 12.6. The molecule has 2 rings (SSSR count). The maximum atomic E-state index is 12.6. The van der Waals surface area contributed by atoms with Gasteiger partial charge in [0.05, 0.1) is 19.3 Å². The van der Waals surface area contributed by atoms with Crippen LogP contribution in [0.25, 0.3) is 0 Å². The molecular weight excluding hydrogens is 314 g/mol. The van der Waals surface area contributed by atoms with Crippen LogP contribution in [-0.4, -0.2) is 19.1 Å². The molecular formula is C21H27NO3. The van der Waals surface area contributed by atoms with Crippen molar-refractivity contribution < 1.29 is 14.3 Å². The summed E-state index contributed by atoms with van der Waals surface area (Å²) in [7, 11) is 0. The minimum atomic E-state index is -0.101. The number of ether oxygens (including phenoxy) is 2. The molecule has 1 atom stereocenters. The fourth-order valence-electron chi connectivity index (χ4n) is 2.56. The van der Waals surface area contributed by atoms with Crippen molar-refractivity contribution in [3.63, 3.8) is 0 Å². The van der Waals surface area contributed by atoms with Crippen molar-refractivity contribution in [2.75, 3.05) is 13.2 Å². The average Bonchev–Trinajstić information content (AvgIpc) is 2.64. The lowest BCUT2D eigenvalue weighted by molar-refractivity contribution is 0.0939. The Balaban J connectivity index is 2.11. The molecule has 0 radical (unpaired) electrons. The molecule has 0 aromatic heterocycles. The Labute approximate surface area is 150 Å². The van der Waals surface area contributed by atoms with Crippen molar-refractivity contribution in [2.45, 2.75) is 39.8 Å². The molecule has 1 N–H and O–H groups in total. The van der Waals surface area contributed by atoms with E-state index in [-0.39, 0.29) is 11.9 Å². The summed E-state index contributed by atoms with van der Waals surface area (Å²) in [6.45, 7) is 7.70. The zero-order valence-corrected chi connectivity index (χ0v) is 15.2. The van der Waals surface area contributed by atoms with Crippen LogP contribution in [0.4, 0.5) is 0 Å². The van der Waals surface area contributed by atoms with Gasteiger partial charge >= 0.3 is 0 Å². The number of hydrogen-bond acceptors (Lipinski definition) is 3. The third-order valence-corrected chi connectivity index (χ3v) is 3.88. The molecule has 0 spiro atoms. The Bertz CT molecular complexity index is 670. The molecule has 0 saturated carbocycles. The smallest absolute Gasteiger partial charge is 0.251 e. The van der Waals surface area contributed by atoms with Crippen molar-refractivity contribution in [3.05, 3.63) is 65.2 Å². The van der Waals surface area contributed by atoms with Gasteiger partial charge < -0.3 is 14.8 Å². The summed E-state index contributed by atoms with van der Waals surface area (Å²) in [4.78, 5) is 12.6. The van der Waals surface area contributed by atoms with Gasteiger partial charge in [0.25, 0.3) is 5.91 Å². The van der Waals surface area contributed by atoms with Gasteiger partial charge in [-0.2, -0.15) is 0 Å². The molecule has 0 aliphatic heterocycles. The molecule has 0 aliphatic rings. The van der Waals surface area contributed by atoms with Crippen molar-refractivity contribution in [1.82, 2.24) is 5.32 Å². The highest BCUT2D eigenvalue weighted by molar-refractivity contribution is 5.94. The van der Waals surface area contributed by atoms with E-state index in [9.17, 15) is 4.79 Å². The van der Waals surface area contributed by atoms with Crippen LogP contribution in [0.3, 0.4) is 0 Å². The number of carbonyl (C=O) groups is 1. The van der Waals surface area contributed by atoms with Gasteiger partial charge in [-0.25, -0.2) is 0 Å². The first-order chi connectivity index (χ1) is 12.2. The average molecular weight is 341 g/mol. The number of hydrogen-bond donors (Lipinski definition) is 1. The highest BCUT2D eigenvalue weighted by Gasteiger charge is 2.14. The number of carbonyl (C=O) groups excluding carboxylic acids is 1. The first-order valence-electron chi connectivity index (χ1n) is 8.85. The van der Waals surface area contributed by atoms with Crippen molar-refractivity contribution in [2.24, 2.45) is 0 Å². The summed E-state index contributed by atoms with van der Waals surface area (Å²) in [5, 5.41) is 3.04. The first kappa shape index (κ1) is 19.0. The fraction of sp³-hybridized carbons (Fsp3) is 0.381. The van der Waals surface area contributed by atoms with Crippen molar-refractivity contribution in [3.8, 4) is 5.75 Å². The molecule has 0 unspecified atom stereocenters. The molecule has 2 aromatic carbocycles. The number of amides is 1. The Kier molecular flexibility index (Phi) is 7.48. The van der Waals surface area contributed by atoms with Gasteiger partial charge in [-0.15, -0.1) is 0 Å².